The van der Waals surface area contributed by atoms with Crippen LogP contribution >= 0.6 is 0 Å². The minimum absolute atomic E-state index is 0.138. The number of carboxylic acid groups (broad SMARTS) is 1. The summed E-state index contributed by atoms with van der Waals surface area (Å²) in [5.74, 6) is -0.778. The van der Waals surface area contributed by atoms with Crippen LogP contribution in [0.4, 0.5) is 0 Å². The second kappa shape index (κ2) is 9.67. The number of rotatable bonds is 8. The molecule has 0 unspecified atom stereocenters. The third-order valence-corrected chi connectivity index (χ3v) is 3.77. The molecular formula is C17H23N3O4. The Morgan fingerprint density at radius 3 is 2.75 bits per heavy atom. The van der Waals surface area contributed by atoms with Crippen LogP contribution in [0.15, 0.2) is 29.4 Å². The van der Waals surface area contributed by atoms with Gasteiger partial charge >= 0.3 is 5.97 Å². The van der Waals surface area contributed by atoms with Crippen LogP contribution in [0.5, 0.6) is 5.75 Å². The van der Waals surface area contributed by atoms with Crippen LogP contribution in [0.2, 0.25) is 0 Å². The number of carboxylic acids is 1. The van der Waals surface area contributed by atoms with Gasteiger partial charge in [0.25, 0.3) is 0 Å². The normalized spacial score (nSPS) is 15.3. The van der Waals surface area contributed by atoms with E-state index >= 15 is 0 Å². The Bertz CT molecular complexity index is 583. The summed E-state index contributed by atoms with van der Waals surface area (Å²) in [6, 6.07) is 6.92. The first kappa shape index (κ1) is 17.9. The molecule has 7 heteroatoms. The Morgan fingerprint density at radius 2 is 2.00 bits per heavy atom. The average Bonchev–Trinajstić information content (AvgIpc) is 2.60. The minimum atomic E-state index is -1.05. The molecule has 7 nitrogen and oxygen atoms in total. The molecule has 0 spiro atoms. The fourth-order valence-corrected chi connectivity index (χ4v) is 2.53. The van der Waals surface area contributed by atoms with Crippen molar-refractivity contribution in [2.75, 3.05) is 26.2 Å². The van der Waals surface area contributed by atoms with Gasteiger partial charge in [0.15, 0.2) is 6.61 Å². The molecule has 24 heavy (non-hydrogen) atoms. The molecule has 0 saturated carbocycles. The number of nitrogens with zero attached hydrogens (tertiary/aromatic N) is 2. The lowest BCUT2D eigenvalue weighted by Gasteiger charge is -2.25. The maximum atomic E-state index is 11.8. The smallest absolute Gasteiger partial charge is 0.341 e. The highest BCUT2D eigenvalue weighted by molar-refractivity contribution is 5.85. The van der Waals surface area contributed by atoms with E-state index in [0.717, 1.165) is 19.6 Å². The summed E-state index contributed by atoms with van der Waals surface area (Å²) in [7, 11) is 0. The van der Waals surface area contributed by atoms with E-state index in [1.165, 1.54) is 25.5 Å². The number of piperidine rings is 1. The molecule has 0 aromatic heterocycles. The molecule has 1 saturated heterocycles. The zero-order chi connectivity index (χ0) is 17.2. The first-order chi connectivity index (χ1) is 11.6. The van der Waals surface area contributed by atoms with Gasteiger partial charge in [-0.15, -0.1) is 0 Å². The number of likely N-dealkylation sites (tertiary alicyclic amines) is 1. The maximum Gasteiger partial charge on any atom is 0.341 e. The van der Waals surface area contributed by atoms with Crippen LogP contribution in [0.3, 0.4) is 0 Å². The van der Waals surface area contributed by atoms with E-state index in [1.807, 2.05) is 0 Å². The van der Waals surface area contributed by atoms with Crippen molar-refractivity contribution in [2.24, 2.45) is 5.10 Å². The van der Waals surface area contributed by atoms with Crippen molar-refractivity contribution < 1.29 is 19.4 Å². The van der Waals surface area contributed by atoms with Gasteiger partial charge in [-0.05, 0) is 38.1 Å². The minimum Gasteiger partial charge on any atom is -0.481 e. The van der Waals surface area contributed by atoms with Gasteiger partial charge in [-0.3, -0.25) is 4.79 Å². The maximum absolute atomic E-state index is 11.8. The van der Waals surface area contributed by atoms with Gasteiger partial charge in [0.2, 0.25) is 5.91 Å². The molecule has 0 radical (unpaired) electrons. The summed E-state index contributed by atoms with van der Waals surface area (Å²) in [5, 5.41) is 12.6. The Morgan fingerprint density at radius 1 is 1.25 bits per heavy atom. The van der Waals surface area contributed by atoms with Gasteiger partial charge < -0.3 is 14.7 Å². The number of nitrogens with one attached hydrogen (secondary N) is 1. The fraction of sp³-hybridized carbons (Fsp3) is 0.471. The van der Waals surface area contributed by atoms with E-state index in [9.17, 15) is 9.59 Å². The lowest BCUT2D eigenvalue weighted by molar-refractivity contribution is -0.139. The molecule has 1 aliphatic heterocycles. The molecule has 130 valence electrons. The van der Waals surface area contributed by atoms with E-state index < -0.39 is 12.6 Å². The molecule has 1 aromatic rings. The quantitative estimate of drug-likeness (QED) is 0.555. The Hall–Kier alpha value is -2.41. The highest BCUT2D eigenvalue weighted by Gasteiger charge is 2.11. The number of hydrogen-bond acceptors (Lipinski definition) is 5. The van der Waals surface area contributed by atoms with E-state index in [0.29, 0.717) is 17.7 Å². The molecule has 0 atom stereocenters. The van der Waals surface area contributed by atoms with Gasteiger partial charge in [0.05, 0.1) is 6.21 Å². The van der Waals surface area contributed by atoms with Crippen molar-refractivity contribution in [3.05, 3.63) is 29.8 Å². The molecular weight excluding hydrogens is 310 g/mol. The Kier molecular flexibility index (Phi) is 7.22. The number of amides is 1. The van der Waals surface area contributed by atoms with Crippen molar-refractivity contribution in [3.8, 4) is 5.75 Å². The van der Waals surface area contributed by atoms with Crippen molar-refractivity contribution >= 4 is 18.1 Å². The number of carbonyl (C=O) groups excluding carboxylic acids is 1. The van der Waals surface area contributed by atoms with Gasteiger partial charge in [0, 0.05) is 18.5 Å². The van der Waals surface area contributed by atoms with Gasteiger partial charge in [-0.1, -0.05) is 18.6 Å². The summed E-state index contributed by atoms with van der Waals surface area (Å²) in [6.07, 6.45) is 5.54. The van der Waals surface area contributed by atoms with E-state index in [4.69, 9.17) is 9.84 Å². The predicted octanol–water partition coefficient (Wildman–Crippen LogP) is 1.48. The lowest BCUT2D eigenvalue weighted by Crippen LogP contribution is -2.33. The zero-order valence-electron chi connectivity index (χ0n) is 13.6. The SMILES string of the molecule is O=C(O)COc1ccccc1C=NNC(=O)CCN1CCCCC1. The topological polar surface area (TPSA) is 91.2 Å². The molecule has 1 amide bonds. The van der Waals surface area contributed by atoms with Crippen molar-refractivity contribution in [1.82, 2.24) is 10.3 Å². The third kappa shape index (κ3) is 6.37. The number of hydrogen-bond donors (Lipinski definition) is 2. The van der Waals surface area contributed by atoms with Gasteiger partial charge in [-0.2, -0.15) is 5.10 Å². The number of para-hydroxylation sites is 1. The highest BCUT2D eigenvalue weighted by Crippen LogP contribution is 2.15. The highest BCUT2D eigenvalue weighted by atomic mass is 16.5. The first-order valence-corrected chi connectivity index (χ1v) is 8.13. The predicted molar refractivity (Wildman–Crippen MR) is 90.2 cm³/mol. The van der Waals surface area contributed by atoms with Crippen LogP contribution in [-0.4, -0.2) is 54.3 Å². The molecule has 1 aromatic carbocycles. The van der Waals surface area contributed by atoms with Crippen LogP contribution < -0.4 is 10.2 Å². The van der Waals surface area contributed by atoms with E-state index in [-0.39, 0.29) is 5.91 Å². The van der Waals surface area contributed by atoms with Crippen LogP contribution in [0, 0.1) is 0 Å². The molecule has 1 fully saturated rings. The largest absolute Gasteiger partial charge is 0.481 e. The molecule has 2 rings (SSSR count). The fourth-order valence-electron chi connectivity index (χ4n) is 2.53. The zero-order valence-corrected chi connectivity index (χ0v) is 13.6. The summed E-state index contributed by atoms with van der Waals surface area (Å²) in [4.78, 5) is 24.7. The van der Waals surface area contributed by atoms with Gasteiger partial charge in [0.1, 0.15) is 5.75 Å². The second-order valence-corrected chi connectivity index (χ2v) is 5.67. The third-order valence-electron chi connectivity index (χ3n) is 3.77. The number of benzene rings is 1. The van der Waals surface area contributed by atoms with Crippen LogP contribution in [-0.2, 0) is 9.59 Å². The first-order valence-electron chi connectivity index (χ1n) is 8.13. The molecule has 1 aliphatic rings. The van der Waals surface area contributed by atoms with Crippen molar-refractivity contribution in [2.45, 2.75) is 25.7 Å². The monoisotopic (exact) mass is 333 g/mol. The molecule has 2 N–H and O–H groups in total. The van der Waals surface area contributed by atoms with Gasteiger partial charge in [-0.25, -0.2) is 10.2 Å². The number of ether oxygens (including phenoxy) is 1. The van der Waals surface area contributed by atoms with Crippen LogP contribution in [0.1, 0.15) is 31.2 Å². The standard InChI is InChI=1S/C17H23N3O4/c21-16(8-11-20-9-4-1-5-10-20)19-18-12-14-6-2-3-7-15(14)24-13-17(22)23/h2-3,6-7,12H,1,4-5,8-11,13H2,(H,19,21)(H,22,23). The molecule has 1 heterocycles. The molecule has 0 bridgehead atoms. The summed E-state index contributed by atoms with van der Waals surface area (Å²) in [5.41, 5.74) is 3.10. The average molecular weight is 333 g/mol. The van der Waals surface area contributed by atoms with Crippen molar-refractivity contribution in [3.63, 3.8) is 0 Å². The van der Waals surface area contributed by atoms with Crippen molar-refractivity contribution in [1.29, 1.82) is 0 Å². The van der Waals surface area contributed by atoms with Crippen LogP contribution in [0.25, 0.3) is 0 Å². The lowest BCUT2D eigenvalue weighted by atomic mass is 10.1. The second-order valence-electron chi connectivity index (χ2n) is 5.67. The number of hydrazone groups is 1. The summed E-state index contributed by atoms with van der Waals surface area (Å²) < 4.78 is 5.17. The number of carbonyl (C=O) groups is 2. The van der Waals surface area contributed by atoms with E-state index in [1.54, 1.807) is 24.3 Å². The summed E-state index contributed by atoms with van der Waals surface area (Å²) >= 11 is 0. The Balaban J connectivity index is 1.78. The summed E-state index contributed by atoms with van der Waals surface area (Å²) in [6.45, 7) is 2.45. The number of aliphatic carboxylic acids is 1. The molecule has 0 aliphatic carbocycles. The van der Waals surface area contributed by atoms with E-state index in [2.05, 4.69) is 15.4 Å². The Labute approximate surface area is 141 Å².